The van der Waals surface area contributed by atoms with Crippen molar-refractivity contribution in [3.05, 3.63) is 0 Å². The molecule has 0 radical (unpaired) electrons. The van der Waals surface area contributed by atoms with Crippen molar-refractivity contribution in [2.24, 2.45) is 5.92 Å². The van der Waals surface area contributed by atoms with E-state index in [9.17, 15) is 4.79 Å². The average Bonchev–Trinajstić information content (AvgIpc) is 2.96. The van der Waals surface area contributed by atoms with E-state index in [0.717, 1.165) is 37.9 Å². The zero-order chi connectivity index (χ0) is 15.1. The van der Waals surface area contributed by atoms with Crippen LogP contribution in [0.15, 0.2) is 0 Å². The highest BCUT2D eigenvalue weighted by Crippen LogP contribution is 2.36. The van der Waals surface area contributed by atoms with Gasteiger partial charge in [0, 0.05) is 12.6 Å². The van der Waals surface area contributed by atoms with Gasteiger partial charge in [-0.25, -0.2) is 0 Å². The van der Waals surface area contributed by atoms with Gasteiger partial charge in [0.1, 0.15) is 6.04 Å². The lowest BCUT2D eigenvalue weighted by Crippen LogP contribution is -2.46. The van der Waals surface area contributed by atoms with Crippen LogP contribution in [-0.2, 0) is 9.53 Å². The molecule has 0 amide bonds. The van der Waals surface area contributed by atoms with Gasteiger partial charge in [-0.3, -0.25) is 4.79 Å². The topological polar surface area (TPSA) is 41.6 Å². The molecule has 1 heterocycles. The highest BCUT2D eigenvalue weighted by atomic mass is 16.5. The van der Waals surface area contributed by atoms with Crippen LogP contribution in [0, 0.1) is 5.92 Å². The van der Waals surface area contributed by atoms with Gasteiger partial charge in [-0.2, -0.15) is 0 Å². The third-order valence-corrected chi connectivity index (χ3v) is 5.03. The van der Waals surface area contributed by atoms with Crippen molar-refractivity contribution in [3.63, 3.8) is 0 Å². The molecule has 0 aromatic rings. The van der Waals surface area contributed by atoms with E-state index in [-0.39, 0.29) is 12.0 Å². The molecule has 4 heteroatoms. The molecular weight excluding hydrogens is 264 g/mol. The average molecular weight is 296 g/mol. The Morgan fingerprint density at radius 3 is 2.86 bits per heavy atom. The number of esters is 1. The first kappa shape index (κ1) is 16.8. The van der Waals surface area contributed by atoms with E-state index in [1.807, 2.05) is 6.92 Å². The van der Waals surface area contributed by atoms with Gasteiger partial charge in [0.15, 0.2) is 0 Å². The summed E-state index contributed by atoms with van der Waals surface area (Å²) in [6.07, 6.45) is 8.82. The van der Waals surface area contributed by atoms with Gasteiger partial charge in [0.05, 0.1) is 6.61 Å². The number of likely N-dealkylation sites (tertiary alicyclic amines) is 1. The Morgan fingerprint density at radius 1 is 1.29 bits per heavy atom. The third kappa shape index (κ3) is 4.68. The summed E-state index contributed by atoms with van der Waals surface area (Å²) in [5.41, 5.74) is 0. The molecule has 2 fully saturated rings. The van der Waals surface area contributed by atoms with E-state index in [1.165, 1.54) is 38.6 Å². The van der Waals surface area contributed by atoms with Crippen molar-refractivity contribution in [3.8, 4) is 0 Å². The molecule has 2 aliphatic rings. The van der Waals surface area contributed by atoms with Crippen molar-refractivity contribution in [1.29, 1.82) is 0 Å². The highest BCUT2D eigenvalue weighted by molar-refractivity contribution is 5.75. The standard InChI is InChI=1S/C17H32N2O2/c1-3-11-18-15(17(20)21-4-2)10-13-19-12-6-8-14-7-5-9-16(14)19/h14-16,18H,3-13H2,1-2H3. The number of nitrogens with zero attached hydrogens (tertiary/aromatic N) is 1. The maximum absolute atomic E-state index is 12.0. The molecule has 1 aliphatic carbocycles. The number of ether oxygens (including phenoxy) is 1. The minimum Gasteiger partial charge on any atom is -0.465 e. The van der Waals surface area contributed by atoms with Crippen LogP contribution in [0.4, 0.5) is 0 Å². The zero-order valence-electron chi connectivity index (χ0n) is 13.8. The summed E-state index contributed by atoms with van der Waals surface area (Å²) in [7, 11) is 0. The lowest BCUT2D eigenvalue weighted by atomic mass is 9.91. The summed E-state index contributed by atoms with van der Waals surface area (Å²) >= 11 is 0. The molecule has 1 aliphatic heterocycles. The van der Waals surface area contributed by atoms with E-state index >= 15 is 0 Å². The third-order valence-electron chi connectivity index (χ3n) is 5.03. The second kappa shape index (κ2) is 8.74. The summed E-state index contributed by atoms with van der Waals surface area (Å²) < 4.78 is 5.21. The number of hydrogen-bond donors (Lipinski definition) is 1. The van der Waals surface area contributed by atoms with Crippen molar-refractivity contribution in [1.82, 2.24) is 10.2 Å². The van der Waals surface area contributed by atoms with E-state index in [0.29, 0.717) is 6.61 Å². The second-order valence-electron chi connectivity index (χ2n) is 6.48. The van der Waals surface area contributed by atoms with Gasteiger partial charge in [-0.15, -0.1) is 0 Å². The van der Waals surface area contributed by atoms with Crippen molar-refractivity contribution in [2.45, 2.75) is 70.9 Å². The largest absolute Gasteiger partial charge is 0.465 e. The normalized spacial score (nSPS) is 27.3. The van der Waals surface area contributed by atoms with E-state index in [1.54, 1.807) is 0 Å². The van der Waals surface area contributed by atoms with E-state index < -0.39 is 0 Å². The Balaban J connectivity index is 1.83. The fraction of sp³-hybridized carbons (Fsp3) is 0.941. The molecule has 3 atom stereocenters. The van der Waals surface area contributed by atoms with Gasteiger partial charge in [-0.05, 0) is 64.5 Å². The molecule has 0 aromatic carbocycles. The number of carbonyl (C=O) groups is 1. The van der Waals surface area contributed by atoms with Crippen molar-refractivity contribution in [2.75, 3.05) is 26.2 Å². The van der Waals surface area contributed by atoms with Gasteiger partial charge in [-0.1, -0.05) is 13.3 Å². The molecule has 4 nitrogen and oxygen atoms in total. The molecule has 0 aromatic heterocycles. The van der Waals surface area contributed by atoms with Crippen LogP contribution in [0.3, 0.4) is 0 Å². The first-order valence-corrected chi connectivity index (χ1v) is 8.90. The maximum atomic E-state index is 12.0. The zero-order valence-corrected chi connectivity index (χ0v) is 13.8. The Kier molecular flexibility index (Phi) is 6.97. The number of nitrogens with one attached hydrogen (secondary N) is 1. The minimum absolute atomic E-state index is 0.0778. The van der Waals surface area contributed by atoms with Crippen LogP contribution in [-0.4, -0.2) is 49.2 Å². The first-order valence-electron chi connectivity index (χ1n) is 8.90. The lowest BCUT2D eigenvalue weighted by Gasteiger charge is -2.38. The van der Waals surface area contributed by atoms with Crippen LogP contribution in [0.2, 0.25) is 0 Å². The monoisotopic (exact) mass is 296 g/mol. The van der Waals surface area contributed by atoms with Crippen LogP contribution < -0.4 is 5.32 Å². The number of hydrogen-bond acceptors (Lipinski definition) is 4. The molecule has 2 rings (SSSR count). The summed E-state index contributed by atoms with van der Waals surface area (Å²) in [4.78, 5) is 14.7. The number of fused-ring (bicyclic) bond motifs is 1. The van der Waals surface area contributed by atoms with E-state index in [2.05, 4.69) is 17.1 Å². The molecule has 0 bridgehead atoms. The Labute approximate surface area is 129 Å². The quantitative estimate of drug-likeness (QED) is 0.699. The molecule has 21 heavy (non-hydrogen) atoms. The summed E-state index contributed by atoms with van der Waals surface area (Å²) in [5.74, 6) is 0.842. The fourth-order valence-corrected chi connectivity index (χ4v) is 3.99. The van der Waals surface area contributed by atoms with E-state index in [4.69, 9.17) is 4.74 Å². The molecule has 0 spiro atoms. The lowest BCUT2D eigenvalue weighted by molar-refractivity contribution is -0.146. The SMILES string of the molecule is CCCNC(CCN1CCCC2CCCC21)C(=O)OCC. The molecule has 1 N–H and O–H groups in total. The van der Waals surface area contributed by atoms with Crippen LogP contribution in [0.1, 0.15) is 58.8 Å². The van der Waals surface area contributed by atoms with Crippen LogP contribution >= 0.6 is 0 Å². The predicted octanol–water partition coefficient (Wildman–Crippen LogP) is 2.57. The molecule has 1 saturated carbocycles. The van der Waals surface area contributed by atoms with Gasteiger partial charge in [0.2, 0.25) is 0 Å². The minimum atomic E-state index is -0.133. The Bertz CT molecular complexity index is 322. The molecule has 1 saturated heterocycles. The fourth-order valence-electron chi connectivity index (χ4n) is 3.99. The summed E-state index contributed by atoms with van der Waals surface area (Å²) in [6, 6.07) is 0.652. The molecule has 122 valence electrons. The van der Waals surface area contributed by atoms with Crippen LogP contribution in [0.5, 0.6) is 0 Å². The van der Waals surface area contributed by atoms with Gasteiger partial charge >= 0.3 is 5.97 Å². The summed E-state index contributed by atoms with van der Waals surface area (Å²) in [6.45, 7) is 7.60. The Morgan fingerprint density at radius 2 is 2.10 bits per heavy atom. The van der Waals surface area contributed by atoms with Gasteiger partial charge < -0.3 is 15.0 Å². The molecule has 3 unspecified atom stereocenters. The number of piperidine rings is 1. The second-order valence-corrected chi connectivity index (χ2v) is 6.48. The van der Waals surface area contributed by atoms with Gasteiger partial charge in [0.25, 0.3) is 0 Å². The number of rotatable bonds is 8. The first-order chi connectivity index (χ1) is 10.3. The highest BCUT2D eigenvalue weighted by Gasteiger charge is 2.35. The van der Waals surface area contributed by atoms with Crippen molar-refractivity contribution < 1.29 is 9.53 Å². The van der Waals surface area contributed by atoms with Crippen molar-refractivity contribution >= 4 is 5.97 Å². The maximum Gasteiger partial charge on any atom is 0.323 e. The smallest absolute Gasteiger partial charge is 0.323 e. The molecular formula is C17H32N2O2. The Hall–Kier alpha value is -0.610. The summed E-state index contributed by atoms with van der Waals surface area (Å²) in [5, 5.41) is 3.35. The predicted molar refractivity (Wildman–Crippen MR) is 85.3 cm³/mol. The number of carbonyl (C=O) groups excluding carboxylic acids is 1. The van der Waals surface area contributed by atoms with Crippen LogP contribution in [0.25, 0.3) is 0 Å².